The fraction of sp³-hybridized carbons (Fsp3) is 0.333. The molecule has 1 heterocycles. The lowest BCUT2D eigenvalue weighted by Gasteiger charge is -2.12. The van der Waals surface area contributed by atoms with Crippen molar-refractivity contribution < 1.29 is 4.79 Å². The normalized spacial score (nSPS) is 16.1. The van der Waals surface area contributed by atoms with Gasteiger partial charge in [0, 0.05) is 10.8 Å². The first-order chi connectivity index (χ1) is 9.06. The summed E-state index contributed by atoms with van der Waals surface area (Å²) in [6.45, 7) is 2.69. The molecule has 1 aromatic carbocycles. The predicted octanol–water partition coefficient (Wildman–Crippen LogP) is 4.16. The van der Waals surface area contributed by atoms with Gasteiger partial charge in [-0.05, 0) is 25.1 Å². The number of carbonyl (C=O) groups is 1. The van der Waals surface area contributed by atoms with E-state index in [1.807, 2.05) is 6.92 Å². The number of amides is 1. The molecule has 1 aliphatic rings. The van der Waals surface area contributed by atoms with E-state index in [1.54, 1.807) is 30.0 Å². The van der Waals surface area contributed by atoms with Crippen molar-refractivity contribution in [1.82, 2.24) is 0 Å². The van der Waals surface area contributed by atoms with Crippen molar-refractivity contribution in [2.45, 2.75) is 12.2 Å². The van der Waals surface area contributed by atoms with Gasteiger partial charge < -0.3 is 5.32 Å². The second kappa shape index (κ2) is 6.88. The molecular formula is C12H12Cl2N2OS2. The zero-order valence-corrected chi connectivity index (χ0v) is 13.3. The van der Waals surface area contributed by atoms with E-state index >= 15 is 0 Å². The number of anilines is 1. The van der Waals surface area contributed by atoms with E-state index in [4.69, 9.17) is 23.2 Å². The molecule has 7 heteroatoms. The Morgan fingerprint density at radius 3 is 2.95 bits per heavy atom. The number of aliphatic imine (C=N–C) groups is 1. The quantitative estimate of drug-likeness (QED) is 0.902. The molecule has 1 atom stereocenters. The number of carbonyl (C=O) groups excluding carboxylic acids is 1. The summed E-state index contributed by atoms with van der Waals surface area (Å²) in [7, 11) is 0. The minimum atomic E-state index is -0.212. The number of hydrogen-bond donors (Lipinski definition) is 1. The summed E-state index contributed by atoms with van der Waals surface area (Å²) in [5.74, 6) is 0.907. The smallest absolute Gasteiger partial charge is 0.237 e. The highest BCUT2D eigenvalue weighted by molar-refractivity contribution is 8.39. The van der Waals surface area contributed by atoms with Crippen LogP contribution in [0.25, 0.3) is 0 Å². The Morgan fingerprint density at radius 2 is 2.32 bits per heavy atom. The van der Waals surface area contributed by atoms with Gasteiger partial charge in [0.25, 0.3) is 0 Å². The van der Waals surface area contributed by atoms with Crippen molar-refractivity contribution >= 4 is 62.7 Å². The van der Waals surface area contributed by atoms with Crippen LogP contribution in [0.5, 0.6) is 0 Å². The van der Waals surface area contributed by atoms with Crippen molar-refractivity contribution in [2.75, 3.05) is 17.6 Å². The first kappa shape index (κ1) is 15.0. The van der Waals surface area contributed by atoms with Gasteiger partial charge in [-0.2, -0.15) is 0 Å². The highest BCUT2D eigenvalue weighted by Crippen LogP contribution is 2.28. The van der Waals surface area contributed by atoms with Gasteiger partial charge in [-0.25, -0.2) is 0 Å². The van der Waals surface area contributed by atoms with Crippen LogP contribution in [0.3, 0.4) is 0 Å². The van der Waals surface area contributed by atoms with E-state index in [-0.39, 0.29) is 11.2 Å². The zero-order valence-electron chi connectivity index (χ0n) is 10.2. The molecule has 0 saturated carbocycles. The van der Waals surface area contributed by atoms with E-state index in [0.717, 1.165) is 16.7 Å². The highest BCUT2D eigenvalue weighted by Gasteiger charge is 2.19. The average molecular weight is 335 g/mol. The number of benzene rings is 1. The maximum atomic E-state index is 12.0. The average Bonchev–Trinajstić information content (AvgIpc) is 2.85. The van der Waals surface area contributed by atoms with Gasteiger partial charge in [0.05, 0.1) is 22.5 Å². The summed E-state index contributed by atoms with van der Waals surface area (Å²) in [5.41, 5.74) is 0.574. The van der Waals surface area contributed by atoms with Crippen LogP contribution in [0.1, 0.15) is 6.92 Å². The summed E-state index contributed by atoms with van der Waals surface area (Å²) >= 11 is 15.0. The molecule has 2 rings (SSSR count). The van der Waals surface area contributed by atoms with Crippen LogP contribution in [0, 0.1) is 0 Å². The molecule has 1 N–H and O–H groups in total. The van der Waals surface area contributed by atoms with Gasteiger partial charge in [-0.1, -0.05) is 46.7 Å². The fourth-order valence-corrected chi connectivity index (χ4v) is 4.00. The predicted molar refractivity (Wildman–Crippen MR) is 86.9 cm³/mol. The van der Waals surface area contributed by atoms with Crippen LogP contribution in [-0.4, -0.2) is 27.8 Å². The lowest BCUT2D eigenvalue weighted by Crippen LogP contribution is -2.23. The van der Waals surface area contributed by atoms with Crippen LogP contribution >= 0.6 is 46.7 Å². The lowest BCUT2D eigenvalue weighted by atomic mass is 10.3. The second-order valence-corrected chi connectivity index (χ2v) is 7.38. The molecular weight excluding hydrogens is 323 g/mol. The van der Waals surface area contributed by atoms with Crippen molar-refractivity contribution in [1.29, 1.82) is 0 Å². The number of hydrogen-bond acceptors (Lipinski definition) is 4. The number of thioether (sulfide) groups is 2. The second-order valence-electron chi connectivity index (χ2n) is 3.87. The Balaban J connectivity index is 1.96. The van der Waals surface area contributed by atoms with E-state index in [0.29, 0.717) is 15.7 Å². The molecule has 0 aliphatic carbocycles. The summed E-state index contributed by atoms with van der Waals surface area (Å²) in [6.07, 6.45) is 0. The van der Waals surface area contributed by atoms with Crippen LogP contribution in [-0.2, 0) is 4.79 Å². The number of rotatable bonds is 3. The molecule has 1 aromatic rings. The van der Waals surface area contributed by atoms with E-state index in [2.05, 4.69) is 10.3 Å². The lowest BCUT2D eigenvalue weighted by molar-refractivity contribution is -0.115. The van der Waals surface area contributed by atoms with Gasteiger partial charge in [0.2, 0.25) is 5.91 Å². The van der Waals surface area contributed by atoms with Crippen LogP contribution in [0.4, 0.5) is 5.69 Å². The number of halogens is 2. The first-order valence-electron chi connectivity index (χ1n) is 5.66. The summed E-state index contributed by atoms with van der Waals surface area (Å²) in [6, 6.07) is 4.99. The van der Waals surface area contributed by atoms with Crippen LogP contribution in [0.15, 0.2) is 23.2 Å². The molecule has 0 saturated heterocycles. The van der Waals surface area contributed by atoms with E-state index in [9.17, 15) is 4.79 Å². The minimum absolute atomic E-state index is 0.0931. The van der Waals surface area contributed by atoms with E-state index in [1.165, 1.54) is 11.8 Å². The Bertz CT molecular complexity index is 522. The summed E-state index contributed by atoms with van der Waals surface area (Å²) in [5, 5.41) is 3.56. The Hall–Kier alpha value is -0.360. The first-order valence-corrected chi connectivity index (χ1v) is 8.28. The molecule has 19 heavy (non-hydrogen) atoms. The van der Waals surface area contributed by atoms with Gasteiger partial charge in [0.1, 0.15) is 4.38 Å². The van der Waals surface area contributed by atoms with E-state index < -0.39 is 0 Å². The SMILES string of the molecule is C[C@H](SC1=NCCS1)C(=O)Nc1ccc(Cl)cc1Cl. The third kappa shape index (κ3) is 4.31. The highest BCUT2D eigenvalue weighted by atomic mass is 35.5. The van der Waals surface area contributed by atoms with Gasteiger partial charge >= 0.3 is 0 Å². The minimum Gasteiger partial charge on any atom is -0.324 e. The largest absolute Gasteiger partial charge is 0.324 e. The number of nitrogens with one attached hydrogen (secondary N) is 1. The monoisotopic (exact) mass is 334 g/mol. The summed E-state index contributed by atoms with van der Waals surface area (Å²) < 4.78 is 0.977. The fourth-order valence-electron chi connectivity index (χ4n) is 1.42. The van der Waals surface area contributed by atoms with Gasteiger partial charge in [0.15, 0.2) is 0 Å². The summed E-state index contributed by atoms with van der Waals surface area (Å²) in [4.78, 5) is 16.4. The Morgan fingerprint density at radius 1 is 1.53 bits per heavy atom. The van der Waals surface area contributed by atoms with Gasteiger partial charge in [-0.3, -0.25) is 9.79 Å². The van der Waals surface area contributed by atoms with Crippen molar-refractivity contribution in [3.05, 3.63) is 28.2 Å². The third-order valence-electron chi connectivity index (χ3n) is 2.39. The molecule has 1 amide bonds. The molecule has 0 aromatic heterocycles. The van der Waals surface area contributed by atoms with Crippen molar-refractivity contribution in [3.63, 3.8) is 0 Å². The topological polar surface area (TPSA) is 41.5 Å². The molecule has 0 bridgehead atoms. The zero-order chi connectivity index (χ0) is 13.8. The molecule has 102 valence electrons. The van der Waals surface area contributed by atoms with Crippen LogP contribution < -0.4 is 5.32 Å². The Kier molecular flexibility index (Phi) is 5.45. The maximum absolute atomic E-state index is 12.0. The van der Waals surface area contributed by atoms with Gasteiger partial charge in [-0.15, -0.1) is 0 Å². The number of nitrogens with zero attached hydrogens (tertiary/aromatic N) is 1. The maximum Gasteiger partial charge on any atom is 0.237 e. The molecule has 0 spiro atoms. The molecule has 0 fully saturated rings. The Labute approximate surface area is 130 Å². The molecule has 1 aliphatic heterocycles. The van der Waals surface area contributed by atoms with Crippen molar-refractivity contribution in [3.8, 4) is 0 Å². The molecule has 0 radical (unpaired) electrons. The molecule has 3 nitrogen and oxygen atoms in total. The van der Waals surface area contributed by atoms with Crippen molar-refractivity contribution in [2.24, 2.45) is 4.99 Å². The standard InChI is InChI=1S/C12H12Cl2N2OS2/c1-7(19-12-15-4-5-18-12)11(17)16-10-3-2-8(13)6-9(10)14/h2-3,6-7H,4-5H2,1H3,(H,16,17)/t7-/m0/s1. The molecule has 0 unspecified atom stereocenters. The van der Waals surface area contributed by atoms with Crippen LogP contribution in [0.2, 0.25) is 10.0 Å². The third-order valence-corrected chi connectivity index (χ3v) is 5.24.